The first-order valence-corrected chi connectivity index (χ1v) is 7.31. The lowest BCUT2D eigenvalue weighted by atomic mass is 9.73. The molecule has 100 valence electrons. The molecule has 0 fully saturated rings. The fourth-order valence-corrected chi connectivity index (χ4v) is 3.18. The minimum atomic E-state index is 0.413. The Morgan fingerprint density at radius 3 is 2.61 bits per heavy atom. The van der Waals surface area contributed by atoms with Crippen molar-refractivity contribution >= 4 is 0 Å². The Labute approximate surface area is 112 Å². The van der Waals surface area contributed by atoms with Gasteiger partial charge in [-0.05, 0) is 48.3 Å². The van der Waals surface area contributed by atoms with Gasteiger partial charge in [0, 0.05) is 6.04 Å². The summed E-state index contributed by atoms with van der Waals surface area (Å²) < 4.78 is 0. The molecule has 18 heavy (non-hydrogen) atoms. The van der Waals surface area contributed by atoms with Crippen LogP contribution in [0.4, 0.5) is 0 Å². The zero-order chi connectivity index (χ0) is 13.2. The van der Waals surface area contributed by atoms with Crippen molar-refractivity contribution in [2.75, 3.05) is 6.54 Å². The highest BCUT2D eigenvalue weighted by atomic mass is 14.9. The molecule has 0 bridgehead atoms. The van der Waals surface area contributed by atoms with Gasteiger partial charge in [0.15, 0.2) is 0 Å². The predicted molar refractivity (Wildman–Crippen MR) is 79.0 cm³/mol. The lowest BCUT2D eigenvalue weighted by molar-refractivity contribution is 0.285. The maximum Gasteiger partial charge on any atom is 0.00778 e. The molecule has 1 nitrogen and oxygen atoms in total. The molecule has 1 N–H and O–H groups in total. The van der Waals surface area contributed by atoms with Crippen molar-refractivity contribution in [3.05, 3.63) is 35.4 Å². The van der Waals surface area contributed by atoms with Crippen molar-refractivity contribution in [1.82, 2.24) is 5.32 Å². The summed E-state index contributed by atoms with van der Waals surface area (Å²) in [5.41, 5.74) is 3.57. The van der Waals surface area contributed by atoms with Gasteiger partial charge in [-0.15, -0.1) is 0 Å². The molecular formula is C17H27N. The maximum absolute atomic E-state index is 3.67. The molecule has 0 spiro atoms. The van der Waals surface area contributed by atoms with Gasteiger partial charge in [0.05, 0.1) is 0 Å². The normalized spacial score (nSPS) is 20.1. The molecule has 0 heterocycles. The first-order chi connectivity index (χ1) is 8.49. The van der Waals surface area contributed by atoms with Crippen LogP contribution in [0.15, 0.2) is 24.3 Å². The Morgan fingerprint density at radius 1 is 1.28 bits per heavy atom. The number of hydrogen-bond acceptors (Lipinski definition) is 1. The summed E-state index contributed by atoms with van der Waals surface area (Å²) in [6, 6.07) is 9.58. The molecule has 2 unspecified atom stereocenters. The van der Waals surface area contributed by atoms with E-state index in [0.717, 1.165) is 12.5 Å². The monoisotopic (exact) mass is 245 g/mol. The van der Waals surface area contributed by atoms with Crippen molar-refractivity contribution in [2.24, 2.45) is 5.41 Å². The molecule has 0 saturated heterocycles. The van der Waals surface area contributed by atoms with Crippen LogP contribution in [0.1, 0.15) is 57.6 Å². The first-order valence-electron chi connectivity index (χ1n) is 7.31. The van der Waals surface area contributed by atoms with E-state index < -0.39 is 0 Å². The summed E-state index contributed by atoms with van der Waals surface area (Å²) in [5, 5.41) is 3.67. The molecule has 1 aliphatic carbocycles. The molecule has 0 aromatic heterocycles. The molecule has 0 aliphatic heterocycles. The summed E-state index contributed by atoms with van der Waals surface area (Å²) in [6.45, 7) is 10.3. The van der Waals surface area contributed by atoms with Crippen molar-refractivity contribution in [1.29, 1.82) is 0 Å². The fraction of sp³-hybridized carbons (Fsp3) is 0.647. The molecule has 0 saturated carbocycles. The Kier molecular flexibility index (Phi) is 4.11. The van der Waals surface area contributed by atoms with Crippen LogP contribution in [-0.4, -0.2) is 12.6 Å². The van der Waals surface area contributed by atoms with Gasteiger partial charge in [0.25, 0.3) is 0 Å². The predicted octanol–water partition coefficient (Wildman–Crippen LogP) is 4.13. The van der Waals surface area contributed by atoms with Gasteiger partial charge in [-0.2, -0.15) is 0 Å². The zero-order valence-corrected chi connectivity index (χ0v) is 12.3. The number of hydrogen-bond donors (Lipinski definition) is 1. The second-order valence-corrected chi connectivity index (χ2v) is 6.85. The quantitative estimate of drug-likeness (QED) is 0.822. The van der Waals surface area contributed by atoms with Gasteiger partial charge in [0.1, 0.15) is 0 Å². The van der Waals surface area contributed by atoms with E-state index in [4.69, 9.17) is 0 Å². The average Bonchev–Trinajstić information content (AvgIpc) is 2.24. The molecule has 1 aromatic carbocycles. The van der Waals surface area contributed by atoms with Gasteiger partial charge in [0.2, 0.25) is 0 Å². The van der Waals surface area contributed by atoms with E-state index in [1.807, 2.05) is 0 Å². The Hall–Kier alpha value is -0.820. The second-order valence-electron chi connectivity index (χ2n) is 6.85. The van der Waals surface area contributed by atoms with E-state index in [0.29, 0.717) is 11.5 Å². The molecule has 0 radical (unpaired) electrons. The van der Waals surface area contributed by atoms with Gasteiger partial charge < -0.3 is 5.32 Å². The smallest absolute Gasteiger partial charge is 0.00778 e. The van der Waals surface area contributed by atoms with Crippen molar-refractivity contribution in [2.45, 2.75) is 58.9 Å². The highest BCUT2D eigenvalue weighted by Gasteiger charge is 2.29. The van der Waals surface area contributed by atoms with E-state index in [2.05, 4.69) is 57.3 Å². The average molecular weight is 245 g/mol. The highest BCUT2D eigenvalue weighted by Crippen LogP contribution is 2.39. The van der Waals surface area contributed by atoms with Crippen LogP contribution in [0.5, 0.6) is 0 Å². The van der Waals surface area contributed by atoms with E-state index in [-0.39, 0.29) is 0 Å². The summed E-state index contributed by atoms with van der Waals surface area (Å²) in [7, 11) is 0. The Morgan fingerprint density at radius 2 is 2.00 bits per heavy atom. The van der Waals surface area contributed by atoms with Crippen molar-refractivity contribution < 1.29 is 0 Å². The second kappa shape index (κ2) is 5.44. The van der Waals surface area contributed by atoms with Crippen LogP contribution in [0.25, 0.3) is 0 Å². The Balaban J connectivity index is 1.95. The van der Waals surface area contributed by atoms with Crippen LogP contribution < -0.4 is 5.32 Å². The summed E-state index contributed by atoms with van der Waals surface area (Å²) in [6.07, 6.45) is 3.84. The first kappa shape index (κ1) is 13.6. The summed E-state index contributed by atoms with van der Waals surface area (Å²) >= 11 is 0. The van der Waals surface area contributed by atoms with Crippen LogP contribution >= 0.6 is 0 Å². The Bertz CT molecular complexity index is 389. The molecule has 0 amide bonds. The minimum Gasteiger partial charge on any atom is -0.314 e. The molecule has 1 aromatic rings. The third kappa shape index (κ3) is 3.35. The molecule has 2 rings (SSSR count). The summed E-state index contributed by atoms with van der Waals surface area (Å²) in [5.74, 6) is 0.785. The van der Waals surface area contributed by atoms with E-state index >= 15 is 0 Å². The fourth-order valence-electron chi connectivity index (χ4n) is 3.18. The number of nitrogens with one attached hydrogen (secondary N) is 1. The molecule has 1 heteroatoms. The van der Waals surface area contributed by atoms with Crippen molar-refractivity contribution in [3.8, 4) is 0 Å². The van der Waals surface area contributed by atoms with E-state index in [1.54, 1.807) is 11.1 Å². The SMILES string of the molecule is CCNC(CC1Cc2ccccc21)CC(C)(C)C. The van der Waals surface area contributed by atoms with E-state index in [9.17, 15) is 0 Å². The van der Waals surface area contributed by atoms with Gasteiger partial charge in [-0.3, -0.25) is 0 Å². The minimum absolute atomic E-state index is 0.413. The zero-order valence-electron chi connectivity index (χ0n) is 12.3. The van der Waals surface area contributed by atoms with Gasteiger partial charge in [-0.1, -0.05) is 52.0 Å². The molecular weight excluding hydrogens is 218 g/mol. The number of fused-ring (bicyclic) bond motifs is 1. The van der Waals surface area contributed by atoms with Crippen LogP contribution in [-0.2, 0) is 6.42 Å². The van der Waals surface area contributed by atoms with Gasteiger partial charge in [-0.25, -0.2) is 0 Å². The van der Waals surface area contributed by atoms with Crippen molar-refractivity contribution in [3.63, 3.8) is 0 Å². The number of benzene rings is 1. The standard InChI is InChI=1S/C17H27N/c1-5-18-15(12-17(2,3)4)11-14-10-13-8-6-7-9-16(13)14/h6-9,14-15,18H,5,10-12H2,1-4H3. The number of rotatable bonds is 5. The third-order valence-electron chi connectivity index (χ3n) is 3.88. The topological polar surface area (TPSA) is 12.0 Å². The lowest BCUT2D eigenvalue weighted by Crippen LogP contribution is -2.36. The van der Waals surface area contributed by atoms with Crippen LogP contribution in [0, 0.1) is 5.41 Å². The van der Waals surface area contributed by atoms with Gasteiger partial charge >= 0.3 is 0 Å². The largest absolute Gasteiger partial charge is 0.314 e. The van der Waals surface area contributed by atoms with E-state index in [1.165, 1.54) is 19.3 Å². The highest BCUT2D eigenvalue weighted by molar-refractivity contribution is 5.39. The summed E-state index contributed by atoms with van der Waals surface area (Å²) in [4.78, 5) is 0. The third-order valence-corrected chi connectivity index (χ3v) is 3.88. The van der Waals surface area contributed by atoms with Crippen LogP contribution in [0.3, 0.4) is 0 Å². The molecule has 2 atom stereocenters. The maximum atomic E-state index is 3.67. The van der Waals surface area contributed by atoms with Crippen LogP contribution in [0.2, 0.25) is 0 Å². The molecule has 1 aliphatic rings. The lowest BCUT2D eigenvalue weighted by Gasteiger charge is -2.35.